The number of carboxylic acids is 1. The summed E-state index contributed by atoms with van der Waals surface area (Å²) in [5.74, 6) is -1.31. The Labute approximate surface area is 125 Å². The number of hydrogen-bond acceptors (Lipinski definition) is 3. The van der Waals surface area contributed by atoms with E-state index in [4.69, 9.17) is 5.11 Å². The van der Waals surface area contributed by atoms with Gasteiger partial charge in [0.15, 0.2) is 0 Å². The van der Waals surface area contributed by atoms with E-state index in [2.05, 4.69) is 10.3 Å². The number of pyridine rings is 1. The summed E-state index contributed by atoms with van der Waals surface area (Å²) in [6, 6.07) is 5.51. The zero-order chi connectivity index (χ0) is 15.8. The summed E-state index contributed by atoms with van der Waals surface area (Å²) in [7, 11) is 0. The van der Waals surface area contributed by atoms with Gasteiger partial charge in [-0.15, -0.1) is 0 Å². The summed E-state index contributed by atoms with van der Waals surface area (Å²) in [5, 5.41) is 11.5. The molecule has 0 bridgehead atoms. The second-order valence-corrected chi connectivity index (χ2v) is 5.04. The van der Waals surface area contributed by atoms with Gasteiger partial charge in [-0.2, -0.15) is 0 Å². The van der Waals surface area contributed by atoms with E-state index >= 15 is 0 Å². The van der Waals surface area contributed by atoms with Crippen LogP contribution in [0.1, 0.15) is 31.7 Å². The Balaban J connectivity index is 2.48. The van der Waals surface area contributed by atoms with E-state index in [0.29, 0.717) is 26.1 Å². The van der Waals surface area contributed by atoms with Crippen LogP contribution in [0.5, 0.6) is 0 Å². The van der Waals surface area contributed by atoms with Gasteiger partial charge in [0.25, 0.3) is 0 Å². The van der Waals surface area contributed by atoms with Crippen molar-refractivity contribution >= 4 is 12.0 Å². The van der Waals surface area contributed by atoms with E-state index in [1.807, 2.05) is 32.0 Å². The smallest absolute Gasteiger partial charge is 0.317 e. The highest BCUT2D eigenvalue weighted by atomic mass is 16.4. The Hall–Kier alpha value is -2.11. The standard InChI is InChI=1S/C15H23N3O3/c1-4-18(10-13-7-5-6-12(3)17-13)15(21)16-9-8-11(2)14(19)20/h5-7,11H,4,8-10H2,1-3H3,(H,16,21)(H,19,20). The summed E-state index contributed by atoms with van der Waals surface area (Å²) in [5.41, 5.74) is 1.75. The first-order valence-corrected chi connectivity index (χ1v) is 7.12. The van der Waals surface area contributed by atoms with Crippen molar-refractivity contribution in [2.75, 3.05) is 13.1 Å². The number of aliphatic carboxylic acids is 1. The van der Waals surface area contributed by atoms with Gasteiger partial charge in [-0.25, -0.2) is 4.79 Å². The lowest BCUT2D eigenvalue weighted by molar-refractivity contribution is -0.141. The maximum absolute atomic E-state index is 12.1. The number of nitrogens with zero attached hydrogens (tertiary/aromatic N) is 2. The van der Waals surface area contributed by atoms with Gasteiger partial charge in [-0.3, -0.25) is 9.78 Å². The summed E-state index contributed by atoms with van der Waals surface area (Å²) in [6.07, 6.45) is 0.418. The summed E-state index contributed by atoms with van der Waals surface area (Å²) in [4.78, 5) is 28.8. The molecule has 1 rings (SSSR count). The summed E-state index contributed by atoms with van der Waals surface area (Å²) in [6.45, 7) is 6.80. The fraction of sp³-hybridized carbons (Fsp3) is 0.533. The Kier molecular flexibility index (Phi) is 6.65. The minimum absolute atomic E-state index is 0.196. The van der Waals surface area contributed by atoms with Gasteiger partial charge in [0, 0.05) is 18.8 Å². The third kappa shape index (κ3) is 5.81. The molecule has 2 N–H and O–H groups in total. The number of hydrogen-bond donors (Lipinski definition) is 2. The molecule has 0 saturated heterocycles. The van der Waals surface area contributed by atoms with Crippen molar-refractivity contribution in [2.24, 2.45) is 5.92 Å². The molecule has 1 heterocycles. The van der Waals surface area contributed by atoms with Crippen molar-refractivity contribution in [1.82, 2.24) is 15.2 Å². The Morgan fingerprint density at radius 2 is 2.14 bits per heavy atom. The van der Waals surface area contributed by atoms with Gasteiger partial charge >= 0.3 is 12.0 Å². The Morgan fingerprint density at radius 3 is 2.71 bits per heavy atom. The number of amides is 2. The fourth-order valence-electron chi connectivity index (χ4n) is 1.84. The third-order valence-electron chi connectivity index (χ3n) is 3.24. The van der Waals surface area contributed by atoms with Gasteiger partial charge in [0.05, 0.1) is 18.2 Å². The quantitative estimate of drug-likeness (QED) is 0.806. The van der Waals surface area contributed by atoms with Gasteiger partial charge in [-0.1, -0.05) is 13.0 Å². The monoisotopic (exact) mass is 293 g/mol. The van der Waals surface area contributed by atoms with Crippen molar-refractivity contribution in [1.29, 1.82) is 0 Å². The number of nitrogens with one attached hydrogen (secondary N) is 1. The molecule has 2 amide bonds. The molecule has 6 nitrogen and oxygen atoms in total. The maximum atomic E-state index is 12.1. The summed E-state index contributed by atoms with van der Waals surface area (Å²) >= 11 is 0. The van der Waals surface area contributed by atoms with Crippen LogP contribution in [-0.4, -0.2) is 40.1 Å². The van der Waals surface area contributed by atoms with Crippen LogP contribution < -0.4 is 5.32 Å². The molecule has 0 aliphatic rings. The molecule has 0 saturated carbocycles. The predicted molar refractivity (Wildman–Crippen MR) is 79.9 cm³/mol. The average Bonchev–Trinajstić information content (AvgIpc) is 2.44. The van der Waals surface area contributed by atoms with E-state index in [-0.39, 0.29) is 6.03 Å². The molecule has 1 aromatic rings. The SMILES string of the molecule is CCN(Cc1cccc(C)n1)C(=O)NCCC(C)C(=O)O. The molecule has 0 radical (unpaired) electrons. The molecule has 21 heavy (non-hydrogen) atoms. The predicted octanol–water partition coefficient (Wildman–Crippen LogP) is 2.03. The van der Waals surface area contributed by atoms with Gasteiger partial charge in [-0.05, 0) is 32.4 Å². The molecule has 6 heteroatoms. The number of rotatable bonds is 7. The lowest BCUT2D eigenvalue weighted by Gasteiger charge is -2.21. The normalized spacial score (nSPS) is 11.8. The van der Waals surface area contributed by atoms with Crippen LogP contribution in [0.25, 0.3) is 0 Å². The molecule has 0 aliphatic carbocycles. The van der Waals surface area contributed by atoms with Crippen molar-refractivity contribution in [3.63, 3.8) is 0 Å². The first-order chi connectivity index (χ1) is 9.93. The molecule has 1 atom stereocenters. The molecule has 0 fully saturated rings. The van der Waals surface area contributed by atoms with Crippen molar-refractivity contribution in [2.45, 2.75) is 33.7 Å². The third-order valence-corrected chi connectivity index (χ3v) is 3.24. The highest BCUT2D eigenvalue weighted by Gasteiger charge is 2.14. The number of aromatic nitrogens is 1. The minimum Gasteiger partial charge on any atom is -0.481 e. The number of carboxylic acid groups (broad SMARTS) is 1. The minimum atomic E-state index is -0.847. The van der Waals surface area contributed by atoms with Crippen LogP contribution in [0.3, 0.4) is 0 Å². The topological polar surface area (TPSA) is 82.5 Å². The van der Waals surface area contributed by atoms with Crippen LogP contribution in [0.15, 0.2) is 18.2 Å². The van der Waals surface area contributed by atoms with Crippen LogP contribution in [0.2, 0.25) is 0 Å². The summed E-state index contributed by atoms with van der Waals surface area (Å²) < 4.78 is 0. The molecule has 0 aliphatic heterocycles. The molecular formula is C15H23N3O3. The number of aryl methyl sites for hydroxylation is 1. The number of carbonyl (C=O) groups excluding carboxylic acids is 1. The zero-order valence-electron chi connectivity index (χ0n) is 12.8. The van der Waals surface area contributed by atoms with E-state index in [9.17, 15) is 9.59 Å². The average molecular weight is 293 g/mol. The van der Waals surface area contributed by atoms with E-state index in [1.54, 1.807) is 11.8 Å². The van der Waals surface area contributed by atoms with E-state index in [1.165, 1.54) is 0 Å². The largest absolute Gasteiger partial charge is 0.481 e. The second-order valence-electron chi connectivity index (χ2n) is 5.04. The van der Waals surface area contributed by atoms with Crippen LogP contribution >= 0.6 is 0 Å². The van der Waals surface area contributed by atoms with E-state index < -0.39 is 11.9 Å². The first kappa shape index (κ1) is 16.9. The van der Waals surface area contributed by atoms with Gasteiger partial charge in [0.1, 0.15) is 0 Å². The molecular weight excluding hydrogens is 270 g/mol. The molecule has 1 aromatic heterocycles. The lowest BCUT2D eigenvalue weighted by Crippen LogP contribution is -2.40. The van der Waals surface area contributed by atoms with Gasteiger partial charge < -0.3 is 15.3 Å². The van der Waals surface area contributed by atoms with Crippen molar-refractivity contribution in [3.8, 4) is 0 Å². The first-order valence-electron chi connectivity index (χ1n) is 7.12. The van der Waals surface area contributed by atoms with Crippen molar-refractivity contribution < 1.29 is 14.7 Å². The highest BCUT2D eigenvalue weighted by molar-refractivity contribution is 5.74. The number of carbonyl (C=O) groups is 2. The Morgan fingerprint density at radius 1 is 1.43 bits per heavy atom. The van der Waals surface area contributed by atoms with Crippen LogP contribution in [0.4, 0.5) is 4.79 Å². The molecule has 116 valence electrons. The van der Waals surface area contributed by atoms with Gasteiger partial charge in [0.2, 0.25) is 0 Å². The molecule has 0 aromatic carbocycles. The highest BCUT2D eigenvalue weighted by Crippen LogP contribution is 2.04. The molecule has 1 unspecified atom stereocenters. The van der Waals surface area contributed by atoms with Crippen LogP contribution in [-0.2, 0) is 11.3 Å². The second kappa shape index (κ2) is 8.24. The lowest BCUT2D eigenvalue weighted by atomic mass is 10.1. The number of urea groups is 1. The van der Waals surface area contributed by atoms with Crippen molar-refractivity contribution in [3.05, 3.63) is 29.6 Å². The Bertz CT molecular complexity index is 491. The molecule has 0 spiro atoms. The zero-order valence-corrected chi connectivity index (χ0v) is 12.8. The maximum Gasteiger partial charge on any atom is 0.317 e. The van der Waals surface area contributed by atoms with E-state index in [0.717, 1.165) is 11.4 Å². The van der Waals surface area contributed by atoms with Crippen LogP contribution in [0, 0.1) is 12.8 Å². The fourth-order valence-corrected chi connectivity index (χ4v) is 1.84.